The summed E-state index contributed by atoms with van der Waals surface area (Å²) in [4.78, 5) is 4.73. The lowest BCUT2D eigenvalue weighted by Gasteiger charge is -2.37. The van der Waals surface area contributed by atoms with Gasteiger partial charge in [0.2, 0.25) is 0 Å². The van der Waals surface area contributed by atoms with Crippen molar-refractivity contribution in [1.82, 2.24) is 0 Å². The molecule has 0 atom stereocenters. The Morgan fingerprint density at radius 2 is 1.50 bits per heavy atom. The standard InChI is InChI=1S/C16H18ClN3/c17-15-12-13(18)6-7-16(15)20-10-8-19(9-11-20)14-4-2-1-3-5-14/h1-7,12H,8-11,18H2. The number of anilines is 3. The zero-order valence-corrected chi connectivity index (χ0v) is 12.1. The molecule has 0 amide bonds. The third-order valence-electron chi connectivity index (χ3n) is 3.71. The van der Waals surface area contributed by atoms with E-state index < -0.39 is 0 Å². The number of rotatable bonds is 2. The zero-order valence-electron chi connectivity index (χ0n) is 11.3. The molecular formula is C16H18ClN3. The van der Waals surface area contributed by atoms with Crippen molar-refractivity contribution in [2.75, 3.05) is 41.7 Å². The molecule has 0 aliphatic carbocycles. The SMILES string of the molecule is Nc1ccc(N2CCN(c3ccccc3)CC2)c(Cl)c1. The van der Waals surface area contributed by atoms with Crippen LogP contribution in [0, 0.1) is 0 Å². The molecule has 2 aromatic rings. The second kappa shape index (κ2) is 5.63. The average molecular weight is 288 g/mol. The monoisotopic (exact) mass is 287 g/mol. The van der Waals surface area contributed by atoms with Crippen LogP contribution in [0.4, 0.5) is 17.1 Å². The lowest BCUT2D eigenvalue weighted by molar-refractivity contribution is 0.654. The molecule has 2 N–H and O–H groups in total. The molecule has 20 heavy (non-hydrogen) atoms. The number of halogens is 1. The number of para-hydroxylation sites is 1. The van der Waals surface area contributed by atoms with Gasteiger partial charge in [0.15, 0.2) is 0 Å². The fraction of sp³-hybridized carbons (Fsp3) is 0.250. The van der Waals surface area contributed by atoms with E-state index >= 15 is 0 Å². The number of nitrogens with zero attached hydrogens (tertiary/aromatic N) is 2. The number of piperazine rings is 1. The molecule has 0 spiro atoms. The van der Waals surface area contributed by atoms with Crippen molar-refractivity contribution in [3.63, 3.8) is 0 Å². The average Bonchev–Trinajstić information content (AvgIpc) is 2.48. The van der Waals surface area contributed by atoms with Gasteiger partial charge in [-0.2, -0.15) is 0 Å². The van der Waals surface area contributed by atoms with Gasteiger partial charge in [-0.1, -0.05) is 29.8 Å². The molecule has 0 unspecified atom stereocenters. The summed E-state index contributed by atoms with van der Waals surface area (Å²) in [6, 6.07) is 16.3. The lowest BCUT2D eigenvalue weighted by atomic mass is 10.2. The molecule has 1 aliphatic heterocycles. The quantitative estimate of drug-likeness (QED) is 0.861. The predicted molar refractivity (Wildman–Crippen MR) is 86.7 cm³/mol. The first-order valence-corrected chi connectivity index (χ1v) is 7.22. The highest BCUT2D eigenvalue weighted by molar-refractivity contribution is 6.33. The molecule has 0 bridgehead atoms. The summed E-state index contributed by atoms with van der Waals surface area (Å²) in [6.45, 7) is 3.95. The van der Waals surface area contributed by atoms with E-state index in [0.29, 0.717) is 5.69 Å². The maximum Gasteiger partial charge on any atom is 0.0660 e. The van der Waals surface area contributed by atoms with Gasteiger partial charge in [0.05, 0.1) is 10.7 Å². The van der Waals surface area contributed by atoms with Crippen molar-refractivity contribution in [3.8, 4) is 0 Å². The first-order chi connectivity index (χ1) is 9.74. The maximum absolute atomic E-state index is 6.28. The fourth-order valence-electron chi connectivity index (χ4n) is 2.62. The van der Waals surface area contributed by atoms with Gasteiger partial charge in [0, 0.05) is 37.6 Å². The van der Waals surface area contributed by atoms with Crippen molar-refractivity contribution >= 4 is 28.7 Å². The first-order valence-electron chi connectivity index (χ1n) is 6.84. The van der Waals surface area contributed by atoms with E-state index in [0.717, 1.165) is 36.9 Å². The van der Waals surface area contributed by atoms with Crippen molar-refractivity contribution in [3.05, 3.63) is 53.6 Å². The normalized spacial score (nSPS) is 15.4. The van der Waals surface area contributed by atoms with E-state index in [4.69, 9.17) is 17.3 Å². The van der Waals surface area contributed by atoms with Gasteiger partial charge in [-0.3, -0.25) is 0 Å². The summed E-state index contributed by atoms with van der Waals surface area (Å²) in [5, 5.41) is 0.734. The minimum atomic E-state index is 0.710. The van der Waals surface area contributed by atoms with Gasteiger partial charge < -0.3 is 15.5 Å². The molecule has 3 rings (SSSR count). The molecule has 4 heteroatoms. The van der Waals surface area contributed by atoms with E-state index in [9.17, 15) is 0 Å². The van der Waals surface area contributed by atoms with Crippen LogP contribution in [-0.4, -0.2) is 26.2 Å². The third kappa shape index (κ3) is 2.68. The molecule has 0 radical (unpaired) electrons. The van der Waals surface area contributed by atoms with Crippen molar-refractivity contribution in [2.45, 2.75) is 0 Å². The summed E-state index contributed by atoms with van der Waals surface area (Å²) < 4.78 is 0. The highest BCUT2D eigenvalue weighted by atomic mass is 35.5. The third-order valence-corrected chi connectivity index (χ3v) is 4.02. The Bertz CT molecular complexity index is 578. The van der Waals surface area contributed by atoms with Gasteiger partial charge in [0.1, 0.15) is 0 Å². The van der Waals surface area contributed by atoms with Gasteiger partial charge in [0.25, 0.3) is 0 Å². The van der Waals surface area contributed by atoms with Crippen LogP contribution in [0.25, 0.3) is 0 Å². The van der Waals surface area contributed by atoms with Crippen LogP contribution in [0.2, 0.25) is 5.02 Å². The molecule has 1 aliphatic rings. The Balaban J connectivity index is 1.69. The molecule has 1 heterocycles. The number of hydrogen-bond acceptors (Lipinski definition) is 3. The Kier molecular flexibility index (Phi) is 3.70. The zero-order chi connectivity index (χ0) is 13.9. The van der Waals surface area contributed by atoms with Gasteiger partial charge in [-0.15, -0.1) is 0 Å². The van der Waals surface area contributed by atoms with Crippen molar-refractivity contribution in [2.24, 2.45) is 0 Å². The van der Waals surface area contributed by atoms with Crippen LogP contribution in [0.15, 0.2) is 48.5 Å². The summed E-state index contributed by atoms with van der Waals surface area (Å²) in [5.41, 5.74) is 8.82. The Morgan fingerprint density at radius 1 is 0.850 bits per heavy atom. The number of benzene rings is 2. The van der Waals surface area contributed by atoms with Crippen LogP contribution in [0.1, 0.15) is 0 Å². The lowest BCUT2D eigenvalue weighted by Crippen LogP contribution is -2.46. The maximum atomic E-state index is 6.28. The molecule has 0 aromatic heterocycles. The Hall–Kier alpha value is -1.87. The van der Waals surface area contributed by atoms with E-state index in [1.807, 2.05) is 24.3 Å². The van der Waals surface area contributed by atoms with E-state index in [1.165, 1.54) is 5.69 Å². The summed E-state index contributed by atoms with van der Waals surface area (Å²) in [5.74, 6) is 0. The van der Waals surface area contributed by atoms with E-state index in [-0.39, 0.29) is 0 Å². The molecule has 3 nitrogen and oxygen atoms in total. The van der Waals surface area contributed by atoms with Crippen LogP contribution < -0.4 is 15.5 Å². The minimum Gasteiger partial charge on any atom is -0.399 e. The van der Waals surface area contributed by atoms with Crippen LogP contribution in [0.5, 0.6) is 0 Å². The molecule has 1 fully saturated rings. The summed E-state index contributed by atoms with van der Waals surface area (Å²) in [7, 11) is 0. The fourth-order valence-corrected chi connectivity index (χ4v) is 2.93. The molecule has 104 valence electrons. The van der Waals surface area contributed by atoms with Gasteiger partial charge in [-0.25, -0.2) is 0 Å². The smallest absolute Gasteiger partial charge is 0.0660 e. The highest BCUT2D eigenvalue weighted by Crippen LogP contribution is 2.29. The number of hydrogen-bond donors (Lipinski definition) is 1. The van der Waals surface area contributed by atoms with Crippen molar-refractivity contribution < 1.29 is 0 Å². The van der Waals surface area contributed by atoms with Crippen LogP contribution >= 0.6 is 11.6 Å². The molecular weight excluding hydrogens is 270 g/mol. The topological polar surface area (TPSA) is 32.5 Å². The Labute approximate surface area is 124 Å². The van der Waals surface area contributed by atoms with Gasteiger partial charge in [-0.05, 0) is 30.3 Å². The molecule has 2 aromatic carbocycles. The van der Waals surface area contributed by atoms with Crippen LogP contribution in [0.3, 0.4) is 0 Å². The van der Waals surface area contributed by atoms with Crippen LogP contribution in [-0.2, 0) is 0 Å². The largest absolute Gasteiger partial charge is 0.399 e. The minimum absolute atomic E-state index is 0.710. The molecule has 1 saturated heterocycles. The predicted octanol–water partition coefficient (Wildman–Crippen LogP) is 3.25. The first kappa shape index (κ1) is 13.1. The van der Waals surface area contributed by atoms with Crippen molar-refractivity contribution in [1.29, 1.82) is 0 Å². The highest BCUT2D eigenvalue weighted by Gasteiger charge is 2.18. The van der Waals surface area contributed by atoms with E-state index in [1.54, 1.807) is 0 Å². The summed E-state index contributed by atoms with van der Waals surface area (Å²) in [6.07, 6.45) is 0. The second-order valence-electron chi connectivity index (χ2n) is 5.02. The molecule has 0 saturated carbocycles. The van der Waals surface area contributed by atoms with Gasteiger partial charge >= 0.3 is 0 Å². The van der Waals surface area contributed by atoms with E-state index in [2.05, 4.69) is 34.1 Å². The second-order valence-corrected chi connectivity index (χ2v) is 5.43. The summed E-state index contributed by atoms with van der Waals surface area (Å²) >= 11 is 6.28. The number of nitrogen functional groups attached to an aromatic ring is 1. The number of nitrogens with two attached hydrogens (primary N) is 1. The Morgan fingerprint density at radius 3 is 2.15 bits per heavy atom.